The van der Waals surface area contributed by atoms with Gasteiger partial charge < -0.3 is 37.0 Å². The molecule has 2 unspecified atom stereocenters. The van der Waals surface area contributed by atoms with Crippen LogP contribution in [0.1, 0.15) is 18.4 Å². The molecule has 0 aliphatic carbocycles. The third-order valence-corrected chi connectivity index (χ3v) is 3.91. The maximum absolute atomic E-state index is 12.6. The minimum atomic E-state index is -1.28. The first-order chi connectivity index (χ1) is 14.1. The predicted molar refractivity (Wildman–Crippen MR) is 102 cm³/mol. The molecule has 0 spiro atoms. The second-order valence-electron chi connectivity index (χ2n) is 6.30. The zero-order valence-electron chi connectivity index (χ0n) is 16.0. The van der Waals surface area contributed by atoms with Gasteiger partial charge in [-0.2, -0.15) is 0 Å². The molecule has 0 saturated heterocycles. The van der Waals surface area contributed by atoms with Gasteiger partial charge in [0.1, 0.15) is 24.4 Å². The number of rotatable bonds is 12. The second-order valence-corrected chi connectivity index (χ2v) is 6.30. The summed E-state index contributed by atoms with van der Waals surface area (Å²) < 4.78 is 0. The molecule has 30 heavy (non-hydrogen) atoms. The van der Waals surface area contributed by atoms with Crippen LogP contribution in [0.5, 0.6) is 5.75 Å². The van der Waals surface area contributed by atoms with Crippen LogP contribution >= 0.6 is 0 Å². The highest BCUT2D eigenvalue weighted by molar-refractivity contribution is 5.93. The van der Waals surface area contributed by atoms with Crippen molar-refractivity contribution in [1.82, 2.24) is 16.0 Å². The quantitative estimate of drug-likeness (QED) is 0.196. The number of benzene rings is 1. The first-order valence-electron chi connectivity index (χ1n) is 8.91. The van der Waals surface area contributed by atoms with Gasteiger partial charge in [0.15, 0.2) is 0 Å². The highest BCUT2D eigenvalue weighted by atomic mass is 16.4. The molecule has 12 heteroatoms. The van der Waals surface area contributed by atoms with Gasteiger partial charge in [0.2, 0.25) is 17.7 Å². The number of aliphatic carboxylic acids is 2. The van der Waals surface area contributed by atoms with Gasteiger partial charge in [0, 0.05) is 12.8 Å². The third-order valence-electron chi connectivity index (χ3n) is 3.91. The lowest BCUT2D eigenvalue weighted by Crippen LogP contribution is -2.55. The number of carboxylic acids is 2. The smallest absolute Gasteiger partial charge is 0.322 e. The van der Waals surface area contributed by atoms with Crippen molar-refractivity contribution in [3.63, 3.8) is 0 Å². The lowest BCUT2D eigenvalue weighted by atomic mass is 10.0. The van der Waals surface area contributed by atoms with Crippen molar-refractivity contribution in [2.24, 2.45) is 5.73 Å². The molecule has 3 amide bonds. The number of hydrogen-bond donors (Lipinski definition) is 7. The molecule has 1 rings (SSSR count). The highest BCUT2D eigenvalue weighted by Gasteiger charge is 2.27. The van der Waals surface area contributed by atoms with Gasteiger partial charge in [-0.05, 0) is 24.1 Å². The number of carbonyl (C=O) groups excluding carboxylic acids is 3. The van der Waals surface area contributed by atoms with E-state index in [1.807, 2.05) is 0 Å². The molecule has 0 aliphatic rings. The van der Waals surface area contributed by atoms with E-state index < -0.39 is 61.3 Å². The molecular weight excluding hydrogens is 400 g/mol. The van der Waals surface area contributed by atoms with Gasteiger partial charge in [0.05, 0.1) is 6.54 Å². The van der Waals surface area contributed by atoms with Crippen LogP contribution < -0.4 is 21.7 Å². The molecule has 0 radical (unpaired) electrons. The lowest BCUT2D eigenvalue weighted by molar-refractivity contribution is -0.138. The summed E-state index contributed by atoms with van der Waals surface area (Å²) in [5, 5.41) is 33.8. The van der Waals surface area contributed by atoms with Crippen LogP contribution in [0.3, 0.4) is 0 Å². The summed E-state index contributed by atoms with van der Waals surface area (Å²) in [5.74, 6) is -4.78. The van der Waals surface area contributed by atoms with Gasteiger partial charge >= 0.3 is 11.9 Å². The van der Waals surface area contributed by atoms with Crippen molar-refractivity contribution in [2.45, 2.75) is 31.3 Å². The Balaban J connectivity index is 2.98. The summed E-state index contributed by atoms with van der Waals surface area (Å²) in [6, 6.07) is 3.30. The number of carboxylic acid groups (broad SMARTS) is 2. The maximum Gasteiger partial charge on any atom is 0.322 e. The number of aromatic hydroxyl groups is 1. The minimum Gasteiger partial charge on any atom is -0.508 e. The van der Waals surface area contributed by atoms with Gasteiger partial charge in [-0.3, -0.25) is 24.0 Å². The van der Waals surface area contributed by atoms with Crippen LogP contribution in [0, 0.1) is 0 Å². The average molecular weight is 424 g/mol. The fourth-order valence-corrected chi connectivity index (χ4v) is 2.43. The predicted octanol–water partition coefficient (Wildman–Crippen LogP) is -2.07. The molecule has 12 nitrogen and oxygen atoms in total. The van der Waals surface area contributed by atoms with Crippen LogP contribution in [0.4, 0.5) is 0 Å². The summed E-state index contributed by atoms with van der Waals surface area (Å²) >= 11 is 0. The van der Waals surface area contributed by atoms with E-state index in [9.17, 15) is 29.1 Å². The van der Waals surface area contributed by atoms with Gasteiger partial charge in [0.25, 0.3) is 0 Å². The monoisotopic (exact) mass is 424 g/mol. The third kappa shape index (κ3) is 9.01. The average Bonchev–Trinajstić information content (AvgIpc) is 2.69. The number of amides is 3. The standard InChI is InChI=1S/C18H24N4O8/c19-8-14(24)21-12(5-6-15(25)26)18(30)22-13(17(29)20-9-16(27)28)7-10-1-3-11(23)4-2-10/h1-4,12-13,23H,5-9,19H2,(H,20,29)(H,21,24)(H,22,30)(H,25,26)(H,27,28). The number of nitrogens with two attached hydrogens (primary N) is 1. The van der Waals surface area contributed by atoms with Crippen molar-refractivity contribution in [3.05, 3.63) is 29.8 Å². The molecule has 0 aromatic heterocycles. The molecule has 1 aromatic carbocycles. The summed E-state index contributed by atoms with van der Waals surface area (Å²) in [6.45, 7) is -1.10. The number of hydrogen-bond acceptors (Lipinski definition) is 7. The Hall–Kier alpha value is -3.67. The molecule has 0 bridgehead atoms. The van der Waals surface area contributed by atoms with Crippen LogP contribution in [0.15, 0.2) is 24.3 Å². The fourth-order valence-electron chi connectivity index (χ4n) is 2.43. The fraction of sp³-hybridized carbons (Fsp3) is 0.389. The normalized spacial score (nSPS) is 12.3. The molecule has 8 N–H and O–H groups in total. The first-order valence-corrected chi connectivity index (χ1v) is 8.91. The SMILES string of the molecule is NCC(=O)NC(CCC(=O)O)C(=O)NC(Cc1ccc(O)cc1)C(=O)NCC(=O)O. The van der Waals surface area contributed by atoms with Crippen LogP contribution in [0.2, 0.25) is 0 Å². The van der Waals surface area contributed by atoms with Gasteiger partial charge in [-0.25, -0.2) is 0 Å². The Labute approximate surface area is 171 Å². The Bertz CT molecular complexity index is 781. The largest absolute Gasteiger partial charge is 0.508 e. The molecular formula is C18H24N4O8. The maximum atomic E-state index is 12.6. The lowest BCUT2D eigenvalue weighted by Gasteiger charge is -2.23. The van der Waals surface area contributed by atoms with Crippen molar-refractivity contribution < 1.29 is 39.3 Å². The molecule has 0 heterocycles. The summed E-state index contributed by atoms with van der Waals surface area (Å²) in [4.78, 5) is 58.1. The number of phenols is 1. The summed E-state index contributed by atoms with van der Waals surface area (Å²) in [7, 11) is 0. The van der Waals surface area contributed by atoms with Crippen molar-refractivity contribution in [3.8, 4) is 5.75 Å². The Morgan fingerprint density at radius 3 is 2.07 bits per heavy atom. The molecule has 0 saturated carbocycles. The number of phenolic OH excluding ortho intramolecular Hbond substituents is 1. The molecule has 0 fully saturated rings. The van der Waals surface area contributed by atoms with E-state index >= 15 is 0 Å². The zero-order valence-corrected chi connectivity index (χ0v) is 16.0. The first kappa shape index (κ1) is 24.4. The molecule has 0 aliphatic heterocycles. The van der Waals surface area contributed by atoms with E-state index in [-0.39, 0.29) is 18.6 Å². The topological polar surface area (TPSA) is 208 Å². The van der Waals surface area contributed by atoms with E-state index in [4.69, 9.17) is 15.9 Å². The van der Waals surface area contributed by atoms with Crippen LogP contribution in [-0.4, -0.2) is 70.2 Å². The molecule has 1 aromatic rings. The molecule has 2 atom stereocenters. The Morgan fingerprint density at radius 1 is 0.900 bits per heavy atom. The summed E-state index contributed by atoms with van der Waals surface area (Å²) in [5.41, 5.74) is 5.76. The number of carbonyl (C=O) groups is 5. The Morgan fingerprint density at radius 2 is 1.53 bits per heavy atom. The summed E-state index contributed by atoms with van der Waals surface area (Å²) in [6.07, 6.45) is -0.708. The highest BCUT2D eigenvalue weighted by Crippen LogP contribution is 2.12. The van der Waals surface area contributed by atoms with E-state index in [1.165, 1.54) is 24.3 Å². The van der Waals surface area contributed by atoms with Crippen molar-refractivity contribution in [2.75, 3.05) is 13.1 Å². The van der Waals surface area contributed by atoms with Gasteiger partial charge in [-0.1, -0.05) is 12.1 Å². The van der Waals surface area contributed by atoms with Gasteiger partial charge in [-0.15, -0.1) is 0 Å². The second kappa shape index (κ2) is 12.0. The van der Waals surface area contributed by atoms with E-state index in [0.29, 0.717) is 5.56 Å². The van der Waals surface area contributed by atoms with E-state index in [2.05, 4.69) is 16.0 Å². The Kier molecular flexibility index (Phi) is 9.76. The minimum absolute atomic E-state index is 0.00658. The number of nitrogens with one attached hydrogen (secondary N) is 3. The van der Waals surface area contributed by atoms with Crippen LogP contribution in [0.25, 0.3) is 0 Å². The van der Waals surface area contributed by atoms with Crippen molar-refractivity contribution in [1.29, 1.82) is 0 Å². The van der Waals surface area contributed by atoms with E-state index in [0.717, 1.165) is 0 Å². The van der Waals surface area contributed by atoms with Crippen molar-refractivity contribution >= 4 is 29.7 Å². The zero-order chi connectivity index (χ0) is 22.7. The van der Waals surface area contributed by atoms with E-state index in [1.54, 1.807) is 0 Å². The van der Waals surface area contributed by atoms with Crippen LogP contribution in [-0.2, 0) is 30.4 Å². The molecule has 164 valence electrons.